The second kappa shape index (κ2) is 8.76. The molecule has 0 bridgehead atoms. The average molecular weight is 460 g/mol. The highest BCUT2D eigenvalue weighted by atomic mass is 32.1. The second-order valence-electron chi connectivity index (χ2n) is 8.36. The van der Waals surface area contributed by atoms with Gasteiger partial charge in [0, 0.05) is 30.8 Å². The molecule has 1 amide bonds. The van der Waals surface area contributed by atoms with Gasteiger partial charge in [0.1, 0.15) is 9.71 Å². The van der Waals surface area contributed by atoms with Crippen LogP contribution in [0.3, 0.4) is 0 Å². The van der Waals surface area contributed by atoms with Crippen LogP contribution in [-0.2, 0) is 9.53 Å². The summed E-state index contributed by atoms with van der Waals surface area (Å²) < 4.78 is 6.30. The molecular weight excluding hydrogens is 434 g/mol. The summed E-state index contributed by atoms with van der Waals surface area (Å²) in [6.07, 6.45) is -0.937. The molecular formula is C22H25N3O4S2. The van der Waals surface area contributed by atoms with Crippen LogP contribution < -0.4 is 10.2 Å². The number of carbonyl (C=O) groups is 3. The minimum atomic E-state index is -0.937. The number of thiazole rings is 1. The Kier molecular flexibility index (Phi) is 6.47. The summed E-state index contributed by atoms with van der Waals surface area (Å²) in [4.78, 5) is 44.8. The van der Waals surface area contributed by atoms with Gasteiger partial charge in [-0.25, -0.2) is 9.78 Å². The van der Waals surface area contributed by atoms with Gasteiger partial charge in [0.25, 0.3) is 0 Å². The van der Waals surface area contributed by atoms with Gasteiger partial charge in [0.2, 0.25) is 11.7 Å². The number of fused-ring (bicyclic) bond motifs is 1. The molecule has 0 aliphatic rings. The van der Waals surface area contributed by atoms with E-state index in [0.717, 1.165) is 14.7 Å². The summed E-state index contributed by atoms with van der Waals surface area (Å²) in [6, 6.07) is 8.29. The lowest BCUT2D eigenvalue weighted by Gasteiger charge is -2.18. The average Bonchev–Trinajstić information content (AvgIpc) is 3.26. The molecule has 0 aliphatic carbocycles. The molecule has 0 saturated carbocycles. The Hall–Kier alpha value is -2.78. The summed E-state index contributed by atoms with van der Waals surface area (Å²) >= 11 is 2.74. The number of esters is 1. The number of ether oxygens (including phenoxy) is 1. The van der Waals surface area contributed by atoms with Gasteiger partial charge in [-0.3, -0.25) is 9.59 Å². The van der Waals surface area contributed by atoms with Crippen LogP contribution in [0.25, 0.3) is 9.53 Å². The molecule has 1 atom stereocenters. The third-order valence-electron chi connectivity index (χ3n) is 4.42. The maximum atomic E-state index is 12.7. The molecule has 1 N–H and O–H groups in total. The van der Waals surface area contributed by atoms with Crippen LogP contribution in [0.4, 0.5) is 10.8 Å². The normalized spacial score (nSPS) is 12.5. The number of carbonyl (C=O) groups excluding carboxylic acids is 3. The monoisotopic (exact) mass is 459 g/mol. The van der Waals surface area contributed by atoms with Crippen LogP contribution in [0.15, 0.2) is 30.3 Å². The number of rotatable bonds is 6. The molecule has 7 nitrogen and oxygen atoms in total. The van der Waals surface area contributed by atoms with Crippen molar-refractivity contribution in [3.8, 4) is 0 Å². The molecule has 9 heteroatoms. The molecule has 2 aromatic heterocycles. The van der Waals surface area contributed by atoms with Gasteiger partial charge in [-0.1, -0.05) is 32.1 Å². The smallest absolute Gasteiger partial charge is 0.349 e. The Labute approximate surface area is 189 Å². The van der Waals surface area contributed by atoms with Crippen molar-refractivity contribution in [2.45, 2.75) is 33.8 Å². The number of nitrogens with one attached hydrogen (secondary N) is 1. The lowest BCUT2D eigenvalue weighted by Crippen LogP contribution is -2.27. The van der Waals surface area contributed by atoms with Gasteiger partial charge in [-0.05, 0) is 37.3 Å². The predicted molar refractivity (Wildman–Crippen MR) is 126 cm³/mol. The van der Waals surface area contributed by atoms with Gasteiger partial charge < -0.3 is 15.0 Å². The number of thiophene rings is 1. The van der Waals surface area contributed by atoms with E-state index in [1.54, 1.807) is 37.3 Å². The van der Waals surface area contributed by atoms with Crippen molar-refractivity contribution in [3.63, 3.8) is 0 Å². The van der Waals surface area contributed by atoms with Crippen LogP contribution in [0, 0.1) is 5.41 Å². The standard InChI is InChI=1S/C22H25N3O4S2/c1-12(17(26)13-7-9-14(10-8-13)23-20(28)22(2,3)4)29-19(27)16-11-15-18(30-16)24-21(31-15)25(5)6/h7-12H,1-6H3,(H,23,28). The van der Waals surface area contributed by atoms with Crippen LogP contribution in [0.5, 0.6) is 0 Å². The predicted octanol–water partition coefficient (Wildman–Crippen LogP) is 4.84. The van der Waals surface area contributed by atoms with E-state index in [0.29, 0.717) is 16.1 Å². The number of nitrogens with zero attached hydrogens (tertiary/aromatic N) is 2. The fourth-order valence-electron chi connectivity index (χ4n) is 2.56. The van der Waals surface area contributed by atoms with Crippen LogP contribution >= 0.6 is 22.7 Å². The molecule has 164 valence electrons. The molecule has 0 radical (unpaired) electrons. The van der Waals surface area contributed by atoms with E-state index in [1.165, 1.54) is 22.7 Å². The molecule has 0 fully saturated rings. The molecule has 0 aliphatic heterocycles. The van der Waals surface area contributed by atoms with E-state index in [4.69, 9.17) is 4.74 Å². The number of anilines is 2. The van der Waals surface area contributed by atoms with Crippen molar-refractivity contribution in [2.24, 2.45) is 5.41 Å². The van der Waals surface area contributed by atoms with Crippen LogP contribution in [0.1, 0.15) is 47.7 Å². The highest BCUT2D eigenvalue weighted by Gasteiger charge is 2.24. The quantitative estimate of drug-likeness (QED) is 0.419. The Bertz CT molecular complexity index is 1090. The molecule has 3 aromatic rings. The van der Waals surface area contributed by atoms with Crippen LogP contribution in [-0.4, -0.2) is 42.8 Å². The minimum Gasteiger partial charge on any atom is -0.450 e. The van der Waals surface area contributed by atoms with Crippen molar-refractivity contribution < 1.29 is 19.1 Å². The Balaban J connectivity index is 1.63. The molecule has 2 heterocycles. The second-order valence-corrected chi connectivity index (χ2v) is 10.4. The van der Waals surface area contributed by atoms with E-state index >= 15 is 0 Å². The van der Waals surface area contributed by atoms with Crippen molar-refractivity contribution in [1.82, 2.24) is 4.98 Å². The first-order chi connectivity index (χ1) is 14.5. The first-order valence-corrected chi connectivity index (χ1v) is 11.3. The highest BCUT2D eigenvalue weighted by molar-refractivity contribution is 7.29. The van der Waals surface area contributed by atoms with Crippen molar-refractivity contribution in [1.29, 1.82) is 0 Å². The Morgan fingerprint density at radius 2 is 1.74 bits per heavy atom. The molecule has 31 heavy (non-hydrogen) atoms. The third-order valence-corrected chi connectivity index (χ3v) is 6.73. The number of Topliss-reactive ketones (excluding diaryl/α,β-unsaturated/α-hetero) is 1. The first-order valence-electron chi connectivity index (χ1n) is 9.70. The van der Waals surface area contributed by atoms with Crippen LogP contribution in [0.2, 0.25) is 0 Å². The minimum absolute atomic E-state index is 0.114. The fourth-order valence-corrected chi connectivity index (χ4v) is 4.58. The SMILES string of the molecule is CC(OC(=O)c1cc2sc(N(C)C)nc2s1)C(=O)c1ccc(NC(=O)C(C)(C)C)cc1. The van der Waals surface area contributed by atoms with Gasteiger partial charge in [-0.15, -0.1) is 11.3 Å². The topological polar surface area (TPSA) is 88.6 Å². The van der Waals surface area contributed by atoms with E-state index in [9.17, 15) is 14.4 Å². The number of benzene rings is 1. The Morgan fingerprint density at radius 3 is 2.29 bits per heavy atom. The largest absolute Gasteiger partial charge is 0.450 e. The van der Waals surface area contributed by atoms with Gasteiger partial charge in [-0.2, -0.15) is 0 Å². The third kappa shape index (κ3) is 5.29. The van der Waals surface area contributed by atoms with Crippen molar-refractivity contribution in [3.05, 3.63) is 40.8 Å². The molecule has 0 saturated heterocycles. The van der Waals surface area contributed by atoms with Crippen molar-refractivity contribution >= 4 is 60.7 Å². The lowest BCUT2D eigenvalue weighted by molar-refractivity contribution is -0.123. The summed E-state index contributed by atoms with van der Waals surface area (Å²) in [5, 5.41) is 3.68. The van der Waals surface area contributed by atoms with E-state index in [1.807, 2.05) is 39.8 Å². The number of hydrogen-bond donors (Lipinski definition) is 1. The maximum Gasteiger partial charge on any atom is 0.349 e. The number of amides is 1. The zero-order chi connectivity index (χ0) is 22.9. The summed E-state index contributed by atoms with van der Waals surface area (Å²) in [5.41, 5.74) is 0.486. The van der Waals surface area contributed by atoms with Gasteiger partial charge >= 0.3 is 5.97 Å². The van der Waals surface area contributed by atoms with E-state index in [-0.39, 0.29) is 11.7 Å². The summed E-state index contributed by atoms with van der Waals surface area (Å²) in [6.45, 7) is 7.02. The first kappa shape index (κ1) is 22.9. The lowest BCUT2D eigenvalue weighted by atomic mass is 9.95. The highest BCUT2D eigenvalue weighted by Crippen LogP contribution is 2.34. The molecule has 1 unspecified atom stereocenters. The Morgan fingerprint density at radius 1 is 1.10 bits per heavy atom. The van der Waals surface area contributed by atoms with E-state index in [2.05, 4.69) is 10.3 Å². The van der Waals surface area contributed by atoms with Gasteiger partial charge in [0.05, 0.1) is 4.70 Å². The zero-order valence-electron chi connectivity index (χ0n) is 18.3. The molecule has 1 aromatic carbocycles. The summed E-state index contributed by atoms with van der Waals surface area (Å²) in [7, 11) is 3.83. The molecule has 3 rings (SSSR count). The number of ketones is 1. The molecule has 0 spiro atoms. The summed E-state index contributed by atoms with van der Waals surface area (Å²) in [5.74, 6) is -0.970. The van der Waals surface area contributed by atoms with Gasteiger partial charge in [0.15, 0.2) is 11.2 Å². The maximum absolute atomic E-state index is 12.7. The zero-order valence-corrected chi connectivity index (χ0v) is 19.9. The fraction of sp³-hybridized carbons (Fsp3) is 0.364. The van der Waals surface area contributed by atoms with Crippen molar-refractivity contribution in [2.75, 3.05) is 24.3 Å². The number of aromatic nitrogens is 1. The van der Waals surface area contributed by atoms with E-state index < -0.39 is 17.5 Å². The number of hydrogen-bond acceptors (Lipinski definition) is 8.